The minimum absolute atomic E-state index is 0.0193. The summed E-state index contributed by atoms with van der Waals surface area (Å²) in [6.07, 6.45) is 0.737. The molecule has 23 heavy (non-hydrogen) atoms. The molecule has 2 amide bonds. The lowest BCUT2D eigenvalue weighted by atomic mass is 10.0. The molecule has 2 atom stereocenters. The van der Waals surface area contributed by atoms with Crippen molar-refractivity contribution in [1.29, 1.82) is 0 Å². The second-order valence-corrected chi connectivity index (χ2v) is 7.00. The smallest absolute Gasteiger partial charge is 0.255 e. The molecule has 2 saturated heterocycles. The van der Waals surface area contributed by atoms with Gasteiger partial charge in [-0.3, -0.25) is 9.59 Å². The molecule has 0 aliphatic carbocycles. The summed E-state index contributed by atoms with van der Waals surface area (Å²) < 4.78 is 0. The van der Waals surface area contributed by atoms with E-state index in [1.54, 1.807) is 30.0 Å². The van der Waals surface area contributed by atoms with Gasteiger partial charge in [0.05, 0.1) is 17.5 Å². The third kappa shape index (κ3) is 3.79. The SMILES string of the molecule is O=C(NCC1CNC(C(=O)N2CCSC2)C1)c1ccccc1O. The summed E-state index contributed by atoms with van der Waals surface area (Å²) in [6, 6.07) is 6.35. The highest BCUT2D eigenvalue weighted by atomic mass is 32.2. The Morgan fingerprint density at radius 1 is 1.39 bits per heavy atom. The highest BCUT2D eigenvalue weighted by molar-refractivity contribution is 7.99. The minimum atomic E-state index is -0.284. The Labute approximate surface area is 139 Å². The summed E-state index contributed by atoms with van der Waals surface area (Å²) in [5.74, 6) is 1.89. The van der Waals surface area contributed by atoms with Gasteiger partial charge in [0.1, 0.15) is 5.75 Å². The molecule has 124 valence electrons. The first-order valence-electron chi connectivity index (χ1n) is 7.81. The normalized spacial score (nSPS) is 23.9. The van der Waals surface area contributed by atoms with Crippen LogP contribution >= 0.6 is 11.8 Å². The summed E-state index contributed by atoms with van der Waals surface area (Å²) >= 11 is 1.78. The van der Waals surface area contributed by atoms with Crippen molar-refractivity contribution < 1.29 is 14.7 Å². The summed E-state index contributed by atoms with van der Waals surface area (Å²) in [6.45, 7) is 2.05. The lowest BCUT2D eigenvalue weighted by Gasteiger charge is -2.19. The first kappa shape index (κ1) is 16.1. The summed E-state index contributed by atoms with van der Waals surface area (Å²) in [7, 11) is 0. The van der Waals surface area contributed by atoms with Crippen LogP contribution in [0.5, 0.6) is 5.75 Å². The Bertz CT molecular complexity index is 590. The fourth-order valence-corrected chi connectivity index (χ4v) is 3.91. The van der Waals surface area contributed by atoms with Crippen molar-refractivity contribution in [1.82, 2.24) is 15.5 Å². The molecule has 7 heteroatoms. The molecular formula is C16H21N3O3S. The van der Waals surface area contributed by atoms with Gasteiger partial charge in [-0.1, -0.05) is 12.1 Å². The average molecular weight is 335 g/mol. The molecule has 3 rings (SSSR count). The lowest BCUT2D eigenvalue weighted by molar-refractivity contribution is -0.131. The van der Waals surface area contributed by atoms with Crippen molar-refractivity contribution in [3.8, 4) is 5.75 Å². The Balaban J connectivity index is 1.47. The zero-order chi connectivity index (χ0) is 16.2. The third-order valence-corrected chi connectivity index (χ3v) is 5.25. The largest absolute Gasteiger partial charge is 0.507 e. The molecule has 0 saturated carbocycles. The van der Waals surface area contributed by atoms with E-state index in [-0.39, 0.29) is 35.1 Å². The number of phenolic OH excluding ortho intramolecular Hbond substituents is 1. The quantitative estimate of drug-likeness (QED) is 0.752. The standard InChI is InChI=1S/C16H21N3O3S/c20-14-4-2-1-3-12(14)15(21)18-9-11-7-13(17-8-11)16(22)19-5-6-23-10-19/h1-4,11,13,17,20H,5-10H2,(H,18,21). The molecule has 0 bridgehead atoms. The molecule has 0 aromatic heterocycles. The molecule has 1 aromatic carbocycles. The lowest BCUT2D eigenvalue weighted by Crippen LogP contribution is -2.42. The zero-order valence-corrected chi connectivity index (χ0v) is 13.6. The third-order valence-electron chi connectivity index (χ3n) is 4.28. The van der Waals surface area contributed by atoms with Crippen molar-refractivity contribution in [3.63, 3.8) is 0 Å². The van der Waals surface area contributed by atoms with Crippen LogP contribution in [-0.2, 0) is 4.79 Å². The predicted molar refractivity (Wildman–Crippen MR) is 89.4 cm³/mol. The van der Waals surface area contributed by atoms with Gasteiger partial charge in [0.2, 0.25) is 5.91 Å². The summed E-state index contributed by atoms with van der Waals surface area (Å²) in [5, 5.41) is 15.8. The Kier molecular flexibility index (Phi) is 5.07. The topological polar surface area (TPSA) is 81.7 Å². The van der Waals surface area contributed by atoms with Crippen molar-refractivity contribution in [3.05, 3.63) is 29.8 Å². The first-order valence-corrected chi connectivity index (χ1v) is 8.96. The summed E-state index contributed by atoms with van der Waals surface area (Å²) in [5.41, 5.74) is 0.278. The van der Waals surface area contributed by atoms with Gasteiger partial charge in [-0.05, 0) is 24.5 Å². The van der Waals surface area contributed by atoms with Gasteiger partial charge in [-0.25, -0.2) is 0 Å². The van der Waals surface area contributed by atoms with Crippen LogP contribution in [0.3, 0.4) is 0 Å². The zero-order valence-electron chi connectivity index (χ0n) is 12.8. The van der Waals surface area contributed by atoms with E-state index >= 15 is 0 Å². The fraction of sp³-hybridized carbons (Fsp3) is 0.500. The van der Waals surface area contributed by atoms with Crippen LogP contribution in [0.25, 0.3) is 0 Å². The average Bonchev–Trinajstić information content (AvgIpc) is 3.24. The molecular weight excluding hydrogens is 314 g/mol. The number of aromatic hydroxyl groups is 1. The molecule has 2 heterocycles. The maximum atomic E-state index is 12.3. The van der Waals surface area contributed by atoms with Gasteiger partial charge in [-0.15, -0.1) is 11.8 Å². The van der Waals surface area contributed by atoms with E-state index in [4.69, 9.17) is 0 Å². The van der Waals surface area contributed by atoms with E-state index in [1.165, 1.54) is 6.07 Å². The molecule has 2 unspecified atom stereocenters. The highest BCUT2D eigenvalue weighted by Gasteiger charge is 2.33. The van der Waals surface area contributed by atoms with Crippen molar-refractivity contribution in [2.75, 3.05) is 31.3 Å². The second-order valence-electron chi connectivity index (χ2n) is 5.93. The molecule has 3 N–H and O–H groups in total. The maximum absolute atomic E-state index is 12.3. The Morgan fingerprint density at radius 3 is 2.96 bits per heavy atom. The monoisotopic (exact) mass is 335 g/mol. The van der Waals surface area contributed by atoms with Gasteiger partial charge in [0.15, 0.2) is 0 Å². The van der Waals surface area contributed by atoms with Crippen LogP contribution in [0.1, 0.15) is 16.8 Å². The van der Waals surface area contributed by atoms with Crippen molar-refractivity contribution >= 4 is 23.6 Å². The fourth-order valence-electron chi connectivity index (χ4n) is 2.96. The molecule has 2 aliphatic heterocycles. The van der Waals surface area contributed by atoms with Crippen molar-refractivity contribution in [2.45, 2.75) is 12.5 Å². The highest BCUT2D eigenvalue weighted by Crippen LogP contribution is 2.20. The van der Waals surface area contributed by atoms with E-state index < -0.39 is 0 Å². The molecule has 0 radical (unpaired) electrons. The van der Waals surface area contributed by atoms with Gasteiger partial charge < -0.3 is 20.6 Å². The number of benzene rings is 1. The minimum Gasteiger partial charge on any atom is -0.507 e. The molecule has 6 nitrogen and oxygen atoms in total. The van der Waals surface area contributed by atoms with E-state index in [0.717, 1.165) is 31.1 Å². The van der Waals surface area contributed by atoms with Gasteiger partial charge >= 0.3 is 0 Å². The Hall–Kier alpha value is -1.73. The maximum Gasteiger partial charge on any atom is 0.255 e. The number of hydrogen-bond donors (Lipinski definition) is 3. The number of nitrogens with zero attached hydrogens (tertiary/aromatic N) is 1. The molecule has 1 aromatic rings. The Morgan fingerprint density at radius 2 is 2.22 bits per heavy atom. The van der Waals surface area contributed by atoms with E-state index in [0.29, 0.717) is 6.54 Å². The van der Waals surface area contributed by atoms with Crippen LogP contribution in [-0.4, -0.2) is 59.1 Å². The van der Waals surface area contributed by atoms with Crippen LogP contribution < -0.4 is 10.6 Å². The molecule has 2 fully saturated rings. The van der Waals surface area contributed by atoms with Gasteiger partial charge in [-0.2, -0.15) is 0 Å². The number of carbonyl (C=O) groups is 2. The molecule has 0 spiro atoms. The number of para-hydroxylation sites is 1. The number of rotatable bonds is 4. The van der Waals surface area contributed by atoms with E-state index in [1.807, 2.05) is 4.90 Å². The van der Waals surface area contributed by atoms with Gasteiger partial charge in [0, 0.05) is 25.4 Å². The van der Waals surface area contributed by atoms with E-state index in [9.17, 15) is 14.7 Å². The first-order chi connectivity index (χ1) is 11.1. The number of nitrogens with one attached hydrogen (secondary N) is 2. The van der Waals surface area contributed by atoms with E-state index in [2.05, 4.69) is 10.6 Å². The molecule has 2 aliphatic rings. The van der Waals surface area contributed by atoms with Gasteiger partial charge in [0.25, 0.3) is 5.91 Å². The predicted octanol–water partition coefficient (Wildman–Crippen LogP) is 0.633. The number of amides is 2. The number of carbonyl (C=O) groups excluding carboxylic acids is 2. The summed E-state index contributed by atoms with van der Waals surface area (Å²) in [4.78, 5) is 26.3. The van der Waals surface area contributed by atoms with Crippen LogP contribution in [0.15, 0.2) is 24.3 Å². The van der Waals surface area contributed by atoms with Crippen LogP contribution in [0.2, 0.25) is 0 Å². The van der Waals surface area contributed by atoms with Crippen LogP contribution in [0.4, 0.5) is 0 Å². The van der Waals surface area contributed by atoms with Crippen LogP contribution in [0, 0.1) is 5.92 Å². The van der Waals surface area contributed by atoms with Crippen molar-refractivity contribution in [2.24, 2.45) is 5.92 Å². The number of phenols is 1. The number of thioether (sulfide) groups is 1. The second kappa shape index (κ2) is 7.23. The number of hydrogen-bond acceptors (Lipinski definition) is 5.